The topological polar surface area (TPSA) is 78.9 Å². The van der Waals surface area contributed by atoms with Gasteiger partial charge in [0.1, 0.15) is 13.2 Å². The first-order valence-corrected chi connectivity index (χ1v) is 24.6. The second-order valence-corrected chi connectivity index (χ2v) is 16.4. The molecule has 0 aliphatic heterocycles. The van der Waals surface area contributed by atoms with Gasteiger partial charge in [-0.15, -0.1) is 0 Å². The highest BCUT2D eigenvalue weighted by Crippen LogP contribution is 2.14. The third kappa shape index (κ3) is 44.5. The molecule has 6 heteroatoms. The second-order valence-electron chi connectivity index (χ2n) is 16.4. The van der Waals surface area contributed by atoms with Crippen molar-refractivity contribution >= 4 is 17.9 Å². The van der Waals surface area contributed by atoms with E-state index in [1.807, 2.05) is 0 Å². The van der Waals surface area contributed by atoms with Crippen molar-refractivity contribution in [1.29, 1.82) is 0 Å². The van der Waals surface area contributed by atoms with Gasteiger partial charge >= 0.3 is 17.9 Å². The molecule has 0 saturated carbocycles. The molecule has 0 amide bonds. The molecular weight excluding hydrogens is 721 g/mol. The number of carbonyl (C=O) groups excluding carboxylic acids is 3. The summed E-state index contributed by atoms with van der Waals surface area (Å²) in [4.78, 5) is 37.6. The Morgan fingerprint density at radius 3 is 1.05 bits per heavy atom. The van der Waals surface area contributed by atoms with Crippen molar-refractivity contribution in [1.82, 2.24) is 0 Å². The van der Waals surface area contributed by atoms with Gasteiger partial charge in [-0.05, 0) is 77.0 Å². The van der Waals surface area contributed by atoms with Gasteiger partial charge in [0, 0.05) is 19.3 Å². The van der Waals surface area contributed by atoms with Gasteiger partial charge < -0.3 is 14.2 Å². The van der Waals surface area contributed by atoms with E-state index in [-0.39, 0.29) is 31.1 Å². The van der Waals surface area contributed by atoms with E-state index in [0.717, 1.165) is 96.3 Å². The fraction of sp³-hybridized carbons (Fsp3) is 0.788. The summed E-state index contributed by atoms with van der Waals surface area (Å²) >= 11 is 0. The first kappa shape index (κ1) is 55.4. The highest BCUT2D eigenvalue weighted by Gasteiger charge is 2.19. The molecule has 0 radical (unpaired) electrons. The van der Waals surface area contributed by atoms with Gasteiger partial charge in [-0.2, -0.15) is 0 Å². The van der Waals surface area contributed by atoms with Gasteiger partial charge in [0.15, 0.2) is 6.10 Å². The van der Waals surface area contributed by atoms with Crippen molar-refractivity contribution in [3.63, 3.8) is 0 Å². The third-order valence-electron chi connectivity index (χ3n) is 10.5. The van der Waals surface area contributed by atoms with Crippen LogP contribution in [0.4, 0.5) is 0 Å². The van der Waals surface area contributed by atoms with Gasteiger partial charge in [-0.3, -0.25) is 14.4 Å². The zero-order valence-electron chi connectivity index (χ0n) is 38.3. The predicted molar refractivity (Wildman–Crippen MR) is 247 cm³/mol. The van der Waals surface area contributed by atoms with Crippen LogP contribution in [-0.4, -0.2) is 37.2 Å². The van der Waals surface area contributed by atoms with E-state index in [9.17, 15) is 14.4 Å². The van der Waals surface area contributed by atoms with E-state index in [1.165, 1.54) is 109 Å². The number of allylic oxidation sites excluding steroid dienone is 8. The molecule has 0 heterocycles. The molecule has 1 unspecified atom stereocenters. The van der Waals surface area contributed by atoms with Crippen LogP contribution >= 0.6 is 0 Å². The minimum absolute atomic E-state index is 0.0784. The van der Waals surface area contributed by atoms with Crippen LogP contribution in [0.3, 0.4) is 0 Å². The lowest BCUT2D eigenvalue weighted by Gasteiger charge is -2.18. The van der Waals surface area contributed by atoms with E-state index in [2.05, 4.69) is 69.4 Å². The molecule has 0 aromatic rings. The number of hydrogen-bond acceptors (Lipinski definition) is 6. The van der Waals surface area contributed by atoms with Gasteiger partial charge in [-0.1, -0.05) is 198 Å². The maximum Gasteiger partial charge on any atom is 0.306 e. The Labute approximate surface area is 358 Å². The summed E-state index contributed by atoms with van der Waals surface area (Å²) in [5, 5.41) is 0. The molecule has 0 N–H and O–H groups in total. The highest BCUT2D eigenvalue weighted by atomic mass is 16.6. The molecule has 0 aliphatic carbocycles. The van der Waals surface area contributed by atoms with E-state index < -0.39 is 6.10 Å². The first-order valence-electron chi connectivity index (χ1n) is 24.6. The summed E-state index contributed by atoms with van der Waals surface area (Å²) in [6, 6.07) is 0. The van der Waals surface area contributed by atoms with Crippen LogP contribution in [-0.2, 0) is 28.6 Å². The van der Waals surface area contributed by atoms with Gasteiger partial charge in [0.25, 0.3) is 0 Å². The molecular formula is C52H92O6. The highest BCUT2D eigenvalue weighted by molar-refractivity contribution is 5.71. The van der Waals surface area contributed by atoms with Crippen LogP contribution in [0.15, 0.2) is 48.6 Å². The number of rotatable bonds is 44. The largest absolute Gasteiger partial charge is 0.462 e. The molecule has 0 aliphatic rings. The van der Waals surface area contributed by atoms with Crippen molar-refractivity contribution in [2.45, 2.75) is 252 Å². The average molecular weight is 813 g/mol. The molecule has 0 rings (SSSR count). The molecule has 0 saturated heterocycles. The van der Waals surface area contributed by atoms with Crippen molar-refractivity contribution in [3.05, 3.63) is 48.6 Å². The van der Waals surface area contributed by atoms with Gasteiger partial charge in [-0.25, -0.2) is 0 Å². The Morgan fingerprint density at radius 1 is 0.345 bits per heavy atom. The lowest BCUT2D eigenvalue weighted by atomic mass is 10.1. The zero-order valence-corrected chi connectivity index (χ0v) is 38.3. The van der Waals surface area contributed by atoms with Crippen molar-refractivity contribution in [2.75, 3.05) is 13.2 Å². The van der Waals surface area contributed by atoms with Gasteiger partial charge in [0.05, 0.1) is 0 Å². The zero-order chi connectivity index (χ0) is 42.3. The normalized spacial score (nSPS) is 12.4. The number of unbranched alkanes of at least 4 members (excludes halogenated alkanes) is 25. The molecule has 0 aromatic heterocycles. The molecule has 0 bridgehead atoms. The third-order valence-corrected chi connectivity index (χ3v) is 10.5. The molecule has 1 atom stereocenters. The molecule has 6 nitrogen and oxygen atoms in total. The van der Waals surface area contributed by atoms with Crippen molar-refractivity contribution < 1.29 is 28.6 Å². The Morgan fingerprint density at radius 2 is 0.655 bits per heavy atom. The summed E-state index contributed by atoms with van der Waals surface area (Å²) in [6.07, 6.45) is 55.5. The van der Waals surface area contributed by atoms with Crippen LogP contribution in [0.1, 0.15) is 245 Å². The Kier molecular flexibility index (Phi) is 44.9. The Bertz CT molecular complexity index is 1030. The van der Waals surface area contributed by atoms with Crippen LogP contribution in [0.2, 0.25) is 0 Å². The second kappa shape index (κ2) is 47.1. The molecule has 0 aromatic carbocycles. The number of carbonyl (C=O) groups is 3. The number of ether oxygens (including phenoxy) is 3. The summed E-state index contributed by atoms with van der Waals surface area (Å²) in [7, 11) is 0. The summed E-state index contributed by atoms with van der Waals surface area (Å²) in [5.41, 5.74) is 0. The van der Waals surface area contributed by atoms with Crippen molar-refractivity contribution in [2.24, 2.45) is 0 Å². The monoisotopic (exact) mass is 813 g/mol. The lowest BCUT2D eigenvalue weighted by Crippen LogP contribution is -2.30. The molecule has 336 valence electrons. The maximum atomic E-state index is 12.7. The number of hydrogen-bond donors (Lipinski definition) is 0. The van der Waals surface area contributed by atoms with E-state index >= 15 is 0 Å². The predicted octanol–water partition coefficient (Wildman–Crippen LogP) is 15.9. The summed E-state index contributed by atoms with van der Waals surface area (Å²) in [5.74, 6) is -0.902. The molecule has 0 spiro atoms. The Balaban J connectivity index is 4.17. The molecule has 0 fully saturated rings. The quantitative estimate of drug-likeness (QED) is 0.0264. The van der Waals surface area contributed by atoms with Crippen molar-refractivity contribution in [3.8, 4) is 0 Å². The number of esters is 3. The standard InChI is InChI=1S/C52H92O6/c1-4-7-10-13-16-18-20-21-22-23-24-25-26-27-28-29-30-31-32-34-36-39-42-45-51(54)57-48-49(47-56-50(53)44-41-38-35-15-12-9-6-3)58-52(55)46-43-40-37-33-19-17-14-11-8-5-2/h11,14,20-21,23-24,26-27,49H,4-10,12-13,15-19,22,25,28-48H2,1-3H3/b14-11-,21-20-,24-23-,27-26-. The van der Waals surface area contributed by atoms with Crippen LogP contribution in [0, 0.1) is 0 Å². The van der Waals surface area contributed by atoms with Gasteiger partial charge in [0.2, 0.25) is 0 Å². The average Bonchev–Trinajstić information content (AvgIpc) is 3.22. The van der Waals surface area contributed by atoms with E-state index in [4.69, 9.17) is 14.2 Å². The lowest BCUT2D eigenvalue weighted by molar-refractivity contribution is -0.167. The maximum absolute atomic E-state index is 12.7. The van der Waals surface area contributed by atoms with E-state index in [1.54, 1.807) is 0 Å². The van der Waals surface area contributed by atoms with Crippen LogP contribution < -0.4 is 0 Å². The SMILES string of the molecule is CCC/C=C\CCCCCCCC(=O)OC(COC(=O)CCCCCCCCC)COC(=O)CCCCCCCCCC/C=C\C/C=C\C/C=C\CCCCCCC. The van der Waals surface area contributed by atoms with Crippen LogP contribution in [0.25, 0.3) is 0 Å². The molecule has 58 heavy (non-hydrogen) atoms. The van der Waals surface area contributed by atoms with Crippen LogP contribution in [0.5, 0.6) is 0 Å². The fourth-order valence-corrected chi connectivity index (χ4v) is 6.80. The summed E-state index contributed by atoms with van der Waals surface area (Å²) < 4.78 is 16.7. The first-order chi connectivity index (χ1) is 28.5. The van der Waals surface area contributed by atoms with E-state index in [0.29, 0.717) is 19.3 Å². The minimum atomic E-state index is -0.774. The smallest absolute Gasteiger partial charge is 0.306 e. The minimum Gasteiger partial charge on any atom is -0.462 e. The fourth-order valence-electron chi connectivity index (χ4n) is 6.80. The summed E-state index contributed by atoms with van der Waals surface area (Å²) in [6.45, 7) is 6.51. The Hall–Kier alpha value is -2.63.